The molecule has 3 rings (SSSR count). The molecule has 0 saturated heterocycles. The highest BCUT2D eigenvalue weighted by molar-refractivity contribution is 7.10. The Morgan fingerprint density at radius 3 is 2.61 bits per heavy atom. The van der Waals surface area contributed by atoms with E-state index in [4.69, 9.17) is 11.6 Å². The maximum atomic E-state index is 6.57. The summed E-state index contributed by atoms with van der Waals surface area (Å²) in [5.74, 6) is 1.01. The van der Waals surface area contributed by atoms with E-state index in [1.54, 1.807) is 0 Å². The molecule has 1 aromatic heterocycles. The molecule has 0 bridgehead atoms. The molecule has 18 heavy (non-hydrogen) atoms. The van der Waals surface area contributed by atoms with Crippen molar-refractivity contribution in [2.75, 3.05) is 0 Å². The van der Waals surface area contributed by atoms with Gasteiger partial charge in [-0.15, -0.1) is 23.7 Å². The molecular weight excluding hydrogens is 285 g/mol. The fraction of sp³-hybridized carbons (Fsp3) is 0.500. The Morgan fingerprint density at radius 2 is 2.06 bits per heavy atom. The summed E-state index contributed by atoms with van der Waals surface area (Å²) in [6.07, 6.45) is 5.53. The molecule has 0 aromatic carbocycles. The van der Waals surface area contributed by atoms with Gasteiger partial charge in [-0.05, 0) is 49.6 Å². The minimum Gasteiger partial charge on any atom is -0.264 e. The van der Waals surface area contributed by atoms with Crippen molar-refractivity contribution in [1.29, 1.82) is 0 Å². The number of thiophene rings is 1. The second kappa shape index (κ2) is 5.36. The van der Waals surface area contributed by atoms with E-state index in [0.29, 0.717) is 11.8 Å². The molecule has 1 saturated carbocycles. The van der Waals surface area contributed by atoms with Gasteiger partial charge in [0.05, 0.1) is 5.70 Å². The zero-order valence-electron chi connectivity index (χ0n) is 10.6. The van der Waals surface area contributed by atoms with Crippen LogP contribution in [0.2, 0.25) is 0 Å². The fourth-order valence-corrected chi connectivity index (χ4v) is 4.01. The van der Waals surface area contributed by atoms with Gasteiger partial charge in [-0.25, -0.2) is 0 Å². The monoisotopic (exact) mass is 301 g/mol. The molecule has 2 aliphatic rings. The second-order valence-electron chi connectivity index (χ2n) is 5.02. The lowest BCUT2D eigenvalue weighted by Crippen LogP contribution is -2.07. The lowest BCUT2D eigenvalue weighted by molar-refractivity contribution is 0.822. The Hall–Kier alpha value is -0.310. The molecule has 1 nitrogen and oxygen atoms in total. The van der Waals surface area contributed by atoms with Crippen molar-refractivity contribution in [1.82, 2.24) is 0 Å². The Kier molecular flexibility index (Phi) is 4.20. The number of allylic oxidation sites excluding steroid dienone is 2. The molecule has 0 spiro atoms. The molecular formula is C14H17Cl2NS. The van der Waals surface area contributed by atoms with Crippen LogP contribution in [0.15, 0.2) is 21.1 Å². The van der Waals surface area contributed by atoms with Gasteiger partial charge in [0, 0.05) is 28.0 Å². The summed E-state index contributed by atoms with van der Waals surface area (Å²) in [6, 6.07) is 0. The topological polar surface area (TPSA) is 12.4 Å². The minimum atomic E-state index is 0. The van der Waals surface area contributed by atoms with Gasteiger partial charge in [0.25, 0.3) is 0 Å². The maximum absolute atomic E-state index is 6.57. The van der Waals surface area contributed by atoms with Gasteiger partial charge in [0.1, 0.15) is 0 Å². The molecule has 1 fully saturated rings. The van der Waals surface area contributed by atoms with Crippen molar-refractivity contribution >= 4 is 41.6 Å². The number of rotatable bonds is 2. The highest BCUT2D eigenvalue weighted by Gasteiger charge is 2.33. The van der Waals surface area contributed by atoms with Gasteiger partial charge < -0.3 is 0 Å². The van der Waals surface area contributed by atoms with Crippen LogP contribution >= 0.6 is 35.3 Å². The summed E-state index contributed by atoms with van der Waals surface area (Å²) in [5, 5.41) is 3.23. The van der Waals surface area contributed by atoms with Crippen molar-refractivity contribution < 1.29 is 0 Å². The third-order valence-corrected chi connectivity index (χ3v) is 5.50. The predicted octanol–water partition coefficient (Wildman–Crippen LogP) is 5.21. The van der Waals surface area contributed by atoms with Crippen LogP contribution in [0.4, 0.5) is 0 Å². The second-order valence-corrected chi connectivity index (χ2v) is 6.33. The molecule has 1 atom stereocenters. The summed E-state index contributed by atoms with van der Waals surface area (Å²) in [5.41, 5.74) is 3.95. The van der Waals surface area contributed by atoms with Crippen LogP contribution in [0, 0.1) is 19.8 Å². The van der Waals surface area contributed by atoms with Crippen LogP contribution in [0.1, 0.15) is 41.2 Å². The normalized spacial score (nSPS) is 23.2. The first-order chi connectivity index (χ1) is 8.18. The van der Waals surface area contributed by atoms with Gasteiger partial charge in [0.2, 0.25) is 0 Å². The molecule has 2 heterocycles. The zero-order valence-corrected chi connectivity index (χ0v) is 13.0. The van der Waals surface area contributed by atoms with E-state index < -0.39 is 0 Å². The Balaban J connectivity index is 0.00000120. The van der Waals surface area contributed by atoms with Crippen molar-refractivity contribution in [2.24, 2.45) is 10.9 Å². The average molecular weight is 302 g/mol. The van der Waals surface area contributed by atoms with Gasteiger partial charge in [-0.1, -0.05) is 11.6 Å². The number of aryl methyl sites for hydroxylation is 1. The van der Waals surface area contributed by atoms with Gasteiger partial charge >= 0.3 is 0 Å². The van der Waals surface area contributed by atoms with E-state index in [0.717, 1.165) is 17.2 Å². The quantitative estimate of drug-likeness (QED) is 0.711. The molecule has 4 heteroatoms. The lowest BCUT2D eigenvalue weighted by Gasteiger charge is -2.20. The average Bonchev–Trinajstić information content (AvgIpc) is 3.10. The van der Waals surface area contributed by atoms with E-state index in [1.165, 1.54) is 28.8 Å². The highest BCUT2D eigenvalue weighted by Crippen LogP contribution is 2.47. The van der Waals surface area contributed by atoms with Crippen LogP contribution in [-0.4, -0.2) is 6.21 Å². The largest absolute Gasteiger partial charge is 0.264 e. The summed E-state index contributed by atoms with van der Waals surface area (Å²) >= 11 is 8.41. The number of nitrogens with zero attached hydrogens (tertiary/aromatic N) is 1. The first-order valence-electron chi connectivity index (χ1n) is 6.15. The van der Waals surface area contributed by atoms with Crippen LogP contribution in [-0.2, 0) is 0 Å². The molecule has 1 aliphatic heterocycles. The van der Waals surface area contributed by atoms with E-state index in [9.17, 15) is 0 Å². The Bertz CT molecular complexity index is 512. The lowest BCUT2D eigenvalue weighted by atomic mass is 9.95. The number of aliphatic imine (C=N–C) groups is 1. The van der Waals surface area contributed by atoms with E-state index >= 15 is 0 Å². The summed E-state index contributed by atoms with van der Waals surface area (Å²) < 4.78 is 0. The van der Waals surface area contributed by atoms with Crippen molar-refractivity contribution in [3.8, 4) is 0 Å². The fourth-order valence-electron chi connectivity index (χ4n) is 2.35. The van der Waals surface area contributed by atoms with Crippen molar-refractivity contribution in [3.63, 3.8) is 0 Å². The summed E-state index contributed by atoms with van der Waals surface area (Å²) in [6.45, 7) is 4.37. The third kappa shape index (κ3) is 2.38. The Labute approximate surface area is 123 Å². The molecule has 1 aliphatic carbocycles. The zero-order chi connectivity index (χ0) is 12.0. The van der Waals surface area contributed by atoms with Crippen LogP contribution in [0.25, 0.3) is 0 Å². The summed E-state index contributed by atoms with van der Waals surface area (Å²) in [7, 11) is 0. The molecule has 0 N–H and O–H groups in total. The van der Waals surface area contributed by atoms with Crippen LogP contribution < -0.4 is 0 Å². The minimum absolute atomic E-state index is 0. The van der Waals surface area contributed by atoms with Crippen molar-refractivity contribution in [2.45, 2.75) is 39.0 Å². The van der Waals surface area contributed by atoms with Crippen LogP contribution in [0.3, 0.4) is 0 Å². The van der Waals surface area contributed by atoms with E-state index in [1.807, 2.05) is 11.3 Å². The molecule has 1 aromatic rings. The first-order valence-corrected chi connectivity index (χ1v) is 7.41. The third-order valence-electron chi connectivity index (χ3n) is 3.73. The van der Waals surface area contributed by atoms with Gasteiger partial charge in [-0.3, -0.25) is 4.99 Å². The van der Waals surface area contributed by atoms with E-state index in [2.05, 4.69) is 30.4 Å². The summed E-state index contributed by atoms with van der Waals surface area (Å²) in [4.78, 5) is 5.94. The SMILES string of the molecule is Cc1csc(C2CC=NC(C3CC3)=C2Cl)c1C.Cl. The standard InChI is InChI=1S/C14H16ClNS.ClH/c1-8-7-17-14(9(8)2)11-5-6-16-13(12(11)15)10-3-4-10;/h6-7,10-11H,3-5H2,1-2H3;1H. The molecule has 1 unspecified atom stereocenters. The molecule has 0 radical (unpaired) electrons. The first kappa shape index (κ1) is 14.1. The Morgan fingerprint density at radius 1 is 1.33 bits per heavy atom. The molecule has 98 valence electrons. The van der Waals surface area contributed by atoms with Crippen LogP contribution in [0.5, 0.6) is 0 Å². The van der Waals surface area contributed by atoms with Gasteiger partial charge in [-0.2, -0.15) is 0 Å². The smallest absolute Gasteiger partial charge is 0.0582 e. The number of halogens is 2. The number of hydrogen-bond acceptors (Lipinski definition) is 2. The molecule has 0 amide bonds. The maximum Gasteiger partial charge on any atom is 0.0582 e. The predicted molar refractivity (Wildman–Crippen MR) is 82.5 cm³/mol. The van der Waals surface area contributed by atoms with Crippen molar-refractivity contribution in [3.05, 3.63) is 32.1 Å². The highest BCUT2D eigenvalue weighted by atomic mass is 35.5. The number of hydrogen-bond donors (Lipinski definition) is 0. The van der Waals surface area contributed by atoms with Gasteiger partial charge in [0.15, 0.2) is 0 Å². The van der Waals surface area contributed by atoms with E-state index in [-0.39, 0.29) is 12.4 Å².